The molecular formula is C15H12ClF2N3O2. The molecule has 2 aromatic rings. The molecule has 0 spiro atoms. The second-order valence-electron chi connectivity index (χ2n) is 4.46. The molecule has 3 amide bonds. The predicted molar refractivity (Wildman–Crippen MR) is 83.5 cm³/mol. The molecule has 0 bridgehead atoms. The van der Waals surface area contributed by atoms with Crippen molar-refractivity contribution in [3.63, 3.8) is 0 Å². The molecule has 0 aliphatic heterocycles. The van der Waals surface area contributed by atoms with E-state index < -0.39 is 23.6 Å². The normalized spacial score (nSPS) is 10.0. The molecule has 0 aliphatic rings. The maximum absolute atomic E-state index is 13.4. The molecule has 0 saturated heterocycles. The van der Waals surface area contributed by atoms with Gasteiger partial charge in [-0.2, -0.15) is 0 Å². The Morgan fingerprint density at radius 3 is 2.43 bits per heavy atom. The number of nitrogens with one attached hydrogen (secondary N) is 3. The summed E-state index contributed by atoms with van der Waals surface area (Å²) in [7, 11) is 0. The first-order valence-electron chi connectivity index (χ1n) is 6.50. The molecule has 0 aliphatic carbocycles. The summed E-state index contributed by atoms with van der Waals surface area (Å²) in [5.41, 5.74) is -0.0335. The van der Waals surface area contributed by atoms with Crippen LogP contribution in [0.2, 0.25) is 5.02 Å². The monoisotopic (exact) mass is 339 g/mol. The molecule has 2 aromatic carbocycles. The van der Waals surface area contributed by atoms with Gasteiger partial charge in [-0.3, -0.25) is 10.1 Å². The van der Waals surface area contributed by atoms with Gasteiger partial charge in [0.05, 0.1) is 17.9 Å². The highest BCUT2D eigenvalue weighted by Gasteiger charge is 2.11. The van der Waals surface area contributed by atoms with Gasteiger partial charge in [0.25, 0.3) is 0 Å². The maximum Gasteiger partial charge on any atom is 0.326 e. The van der Waals surface area contributed by atoms with Gasteiger partial charge in [0, 0.05) is 5.02 Å². The van der Waals surface area contributed by atoms with Crippen molar-refractivity contribution < 1.29 is 18.4 Å². The molecule has 2 rings (SSSR count). The lowest BCUT2D eigenvalue weighted by Gasteiger charge is -2.09. The van der Waals surface area contributed by atoms with Gasteiger partial charge in [-0.15, -0.1) is 0 Å². The van der Waals surface area contributed by atoms with Crippen LogP contribution in [0, 0.1) is 11.6 Å². The minimum atomic E-state index is -0.895. The maximum atomic E-state index is 13.4. The summed E-state index contributed by atoms with van der Waals surface area (Å²) in [5, 5.41) is 6.98. The number of urea groups is 1. The molecule has 8 heteroatoms. The van der Waals surface area contributed by atoms with E-state index in [9.17, 15) is 18.4 Å². The highest BCUT2D eigenvalue weighted by atomic mass is 35.5. The van der Waals surface area contributed by atoms with Gasteiger partial charge < -0.3 is 10.6 Å². The summed E-state index contributed by atoms with van der Waals surface area (Å²) in [6.07, 6.45) is 0. The lowest BCUT2D eigenvalue weighted by Crippen LogP contribution is -2.38. The number of imide groups is 1. The third-order valence-corrected chi connectivity index (χ3v) is 2.98. The number of anilines is 2. The Hall–Kier alpha value is -2.67. The summed E-state index contributed by atoms with van der Waals surface area (Å²) in [5.74, 6) is -1.94. The highest BCUT2D eigenvalue weighted by molar-refractivity contribution is 6.30. The molecule has 0 aromatic heterocycles. The van der Waals surface area contributed by atoms with Crippen LogP contribution in [0.3, 0.4) is 0 Å². The van der Waals surface area contributed by atoms with E-state index in [1.165, 1.54) is 36.4 Å². The van der Waals surface area contributed by atoms with E-state index in [0.717, 1.165) is 6.07 Å². The Morgan fingerprint density at radius 2 is 1.70 bits per heavy atom. The lowest BCUT2D eigenvalue weighted by molar-refractivity contribution is -0.118. The molecule has 0 atom stereocenters. The van der Waals surface area contributed by atoms with E-state index in [-0.39, 0.29) is 17.9 Å². The molecule has 0 radical (unpaired) electrons. The van der Waals surface area contributed by atoms with E-state index in [0.29, 0.717) is 5.02 Å². The number of rotatable bonds is 4. The van der Waals surface area contributed by atoms with E-state index in [2.05, 4.69) is 10.6 Å². The van der Waals surface area contributed by atoms with Gasteiger partial charge in [-0.25, -0.2) is 13.6 Å². The van der Waals surface area contributed by atoms with Crippen LogP contribution < -0.4 is 16.0 Å². The molecule has 120 valence electrons. The van der Waals surface area contributed by atoms with Crippen LogP contribution in [-0.2, 0) is 4.79 Å². The Labute approximate surface area is 135 Å². The van der Waals surface area contributed by atoms with Crippen LogP contribution in [0.5, 0.6) is 0 Å². The Morgan fingerprint density at radius 1 is 1.00 bits per heavy atom. The fourth-order valence-electron chi connectivity index (χ4n) is 1.70. The SMILES string of the molecule is O=C(CNc1cc(Cl)ccc1F)NC(=O)Nc1ccccc1F. The van der Waals surface area contributed by atoms with Crippen molar-refractivity contribution in [1.82, 2.24) is 5.32 Å². The summed E-state index contributed by atoms with van der Waals surface area (Å²) in [6, 6.07) is 8.44. The number of hydrogen-bond donors (Lipinski definition) is 3. The molecule has 23 heavy (non-hydrogen) atoms. The van der Waals surface area contributed by atoms with Crippen molar-refractivity contribution >= 4 is 34.9 Å². The standard InChI is InChI=1S/C15H12ClF2N3O2/c16-9-5-6-11(18)13(7-9)19-8-14(22)21-15(23)20-12-4-2-1-3-10(12)17/h1-7,19H,8H2,(H2,20,21,22,23). The number of para-hydroxylation sites is 1. The van der Waals surface area contributed by atoms with Crippen LogP contribution >= 0.6 is 11.6 Å². The lowest BCUT2D eigenvalue weighted by atomic mass is 10.3. The van der Waals surface area contributed by atoms with Crippen LogP contribution in [0.4, 0.5) is 25.0 Å². The first-order valence-corrected chi connectivity index (χ1v) is 6.88. The van der Waals surface area contributed by atoms with Crippen molar-refractivity contribution in [3.8, 4) is 0 Å². The Balaban J connectivity index is 1.86. The van der Waals surface area contributed by atoms with Crippen LogP contribution in [0.15, 0.2) is 42.5 Å². The largest absolute Gasteiger partial charge is 0.374 e. The number of hydrogen-bond acceptors (Lipinski definition) is 3. The fourth-order valence-corrected chi connectivity index (χ4v) is 1.87. The molecule has 5 nitrogen and oxygen atoms in total. The zero-order valence-corrected chi connectivity index (χ0v) is 12.5. The summed E-state index contributed by atoms with van der Waals surface area (Å²) in [6.45, 7) is -0.359. The van der Waals surface area contributed by atoms with E-state index in [1.54, 1.807) is 0 Å². The highest BCUT2D eigenvalue weighted by Crippen LogP contribution is 2.19. The summed E-state index contributed by atoms with van der Waals surface area (Å²) >= 11 is 5.71. The van der Waals surface area contributed by atoms with E-state index in [4.69, 9.17) is 11.6 Å². The van der Waals surface area contributed by atoms with Crippen molar-refractivity contribution in [1.29, 1.82) is 0 Å². The van der Waals surface area contributed by atoms with Crippen LogP contribution in [0.25, 0.3) is 0 Å². The molecule has 0 unspecified atom stereocenters. The molecule has 0 saturated carbocycles. The second kappa shape index (κ2) is 7.55. The minimum absolute atomic E-state index is 0.0298. The summed E-state index contributed by atoms with van der Waals surface area (Å²) < 4.78 is 26.8. The number of amides is 3. The smallest absolute Gasteiger partial charge is 0.326 e. The quantitative estimate of drug-likeness (QED) is 0.799. The van der Waals surface area contributed by atoms with E-state index in [1.807, 2.05) is 5.32 Å². The zero-order chi connectivity index (χ0) is 16.8. The van der Waals surface area contributed by atoms with Gasteiger partial charge in [0.2, 0.25) is 5.91 Å². The van der Waals surface area contributed by atoms with Crippen molar-refractivity contribution in [2.45, 2.75) is 0 Å². The van der Waals surface area contributed by atoms with Crippen molar-refractivity contribution in [2.75, 3.05) is 17.2 Å². The van der Waals surface area contributed by atoms with E-state index >= 15 is 0 Å². The number of benzene rings is 2. The molecule has 0 fully saturated rings. The van der Waals surface area contributed by atoms with Gasteiger partial charge in [0.1, 0.15) is 11.6 Å². The fraction of sp³-hybridized carbons (Fsp3) is 0.0667. The van der Waals surface area contributed by atoms with Crippen LogP contribution in [0.1, 0.15) is 0 Å². The zero-order valence-electron chi connectivity index (χ0n) is 11.7. The van der Waals surface area contributed by atoms with Crippen LogP contribution in [-0.4, -0.2) is 18.5 Å². The first-order chi connectivity index (χ1) is 11.0. The van der Waals surface area contributed by atoms with Crippen molar-refractivity contribution in [2.24, 2.45) is 0 Å². The number of carbonyl (C=O) groups is 2. The second-order valence-corrected chi connectivity index (χ2v) is 4.90. The topological polar surface area (TPSA) is 70.2 Å². The summed E-state index contributed by atoms with van der Waals surface area (Å²) in [4.78, 5) is 23.2. The third-order valence-electron chi connectivity index (χ3n) is 2.74. The minimum Gasteiger partial charge on any atom is -0.374 e. The number of halogens is 3. The Kier molecular flexibility index (Phi) is 5.48. The van der Waals surface area contributed by atoms with Gasteiger partial charge >= 0.3 is 6.03 Å². The molecule has 3 N–H and O–H groups in total. The predicted octanol–water partition coefficient (Wildman–Crippen LogP) is 3.38. The first kappa shape index (κ1) is 16.7. The van der Waals surface area contributed by atoms with Crippen molar-refractivity contribution in [3.05, 3.63) is 59.1 Å². The van der Waals surface area contributed by atoms with Gasteiger partial charge in [-0.05, 0) is 30.3 Å². The third kappa shape index (κ3) is 4.93. The molecule has 0 heterocycles. The van der Waals surface area contributed by atoms with Gasteiger partial charge in [-0.1, -0.05) is 23.7 Å². The Bertz CT molecular complexity index is 740. The van der Waals surface area contributed by atoms with Gasteiger partial charge in [0.15, 0.2) is 0 Å². The number of carbonyl (C=O) groups excluding carboxylic acids is 2. The average molecular weight is 340 g/mol. The average Bonchev–Trinajstić information content (AvgIpc) is 2.50. The molecular weight excluding hydrogens is 328 g/mol.